The highest BCUT2D eigenvalue weighted by Gasteiger charge is 2.18. The first-order chi connectivity index (χ1) is 11.8. The zero-order valence-corrected chi connectivity index (χ0v) is 13.2. The third-order valence-corrected chi connectivity index (χ3v) is 3.24. The van der Waals surface area contributed by atoms with Gasteiger partial charge < -0.3 is 15.4 Å². The highest BCUT2D eigenvalue weighted by atomic mass is 16.5. The molecule has 0 aliphatic carbocycles. The molecule has 1 aromatic heterocycles. The standard InChI is InChI=1S/C16H18N6O2/c1-2-24-16(23)21-13-8-12(14-15(20-13)18-10-17-14)22-19-9-11-6-4-3-5-7-11/h3-9,17H,2,10H2,1H3,(H3,18,20,21,22,23)/b19-9+. The van der Waals surface area contributed by atoms with E-state index in [1.165, 1.54) is 0 Å². The number of amides is 1. The molecule has 4 N–H and O–H groups in total. The zero-order chi connectivity index (χ0) is 16.8. The number of ether oxygens (including phenoxy) is 1. The number of carbonyl (C=O) groups is 1. The Balaban J connectivity index is 1.77. The molecule has 1 aromatic carbocycles. The van der Waals surface area contributed by atoms with Gasteiger partial charge >= 0.3 is 6.09 Å². The van der Waals surface area contributed by atoms with Crippen LogP contribution < -0.4 is 21.4 Å². The largest absolute Gasteiger partial charge is 0.450 e. The molecule has 0 saturated carbocycles. The number of nitrogens with zero attached hydrogens (tertiary/aromatic N) is 2. The monoisotopic (exact) mass is 326 g/mol. The number of fused-ring (bicyclic) bond motifs is 1. The summed E-state index contributed by atoms with van der Waals surface area (Å²) in [4.78, 5) is 15.9. The lowest BCUT2D eigenvalue weighted by atomic mass is 10.2. The molecule has 0 bridgehead atoms. The van der Waals surface area contributed by atoms with Gasteiger partial charge in [-0.15, -0.1) is 0 Å². The van der Waals surface area contributed by atoms with Crippen molar-refractivity contribution in [3.8, 4) is 0 Å². The lowest BCUT2D eigenvalue weighted by Crippen LogP contribution is -2.14. The summed E-state index contributed by atoms with van der Waals surface area (Å²) >= 11 is 0. The van der Waals surface area contributed by atoms with Gasteiger partial charge in [0, 0.05) is 6.07 Å². The van der Waals surface area contributed by atoms with Gasteiger partial charge in [0.2, 0.25) is 0 Å². The molecule has 8 nitrogen and oxygen atoms in total. The number of hydrazone groups is 1. The van der Waals surface area contributed by atoms with Crippen LogP contribution in [0.3, 0.4) is 0 Å². The average molecular weight is 326 g/mol. The summed E-state index contributed by atoms with van der Waals surface area (Å²) in [6.45, 7) is 2.60. The van der Waals surface area contributed by atoms with E-state index in [9.17, 15) is 4.79 Å². The predicted octanol–water partition coefficient (Wildman–Crippen LogP) is 2.89. The van der Waals surface area contributed by atoms with Crippen LogP contribution >= 0.6 is 0 Å². The summed E-state index contributed by atoms with van der Waals surface area (Å²) in [7, 11) is 0. The maximum Gasteiger partial charge on any atom is 0.412 e. The Kier molecular flexibility index (Phi) is 4.76. The number of hydrogen-bond acceptors (Lipinski definition) is 7. The van der Waals surface area contributed by atoms with E-state index in [1.54, 1.807) is 19.2 Å². The third-order valence-electron chi connectivity index (χ3n) is 3.24. The van der Waals surface area contributed by atoms with E-state index in [-0.39, 0.29) is 0 Å². The molecule has 0 unspecified atom stereocenters. The number of hydrogen-bond donors (Lipinski definition) is 4. The molecule has 24 heavy (non-hydrogen) atoms. The summed E-state index contributed by atoms with van der Waals surface area (Å²) in [5.74, 6) is 1.02. The van der Waals surface area contributed by atoms with Crippen LogP contribution in [0.1, 0.15) is 12.5 Å². The van der Waals surface area contributed by atoms with Crippen LogP contribution in [0.4, 0.5) is 27.8 Å². The zero-order valence-electron chi connectivity index (χ0n) is 13.2. The van der Waals surface area contributed by atoms with Crippen LogP contribution in [-0.2, 0) is 4.74 Å². The number of anilines is 4. The van der Waals surface area contributed by atoms with Crippen LogP contribution in [0.5, 0.6) is 0 Å². The molecule has 1 aliphatic heterocycles. The Bertz CT molecular complexity index is 748. The smallest absolute Gasteiger partial charge is 0.412 e. The lowest BCUT2D eigenvalue weighted by molar-refractivity contribution is 0.168. The van der Waals surface area contributed by atoms with Gasteiger partial charge in [-0.1, -0.05) is 30.3 Å². The van der Waals surface area contributed by atoms with Crippen molar-refractivity contribution >= 4 is 35.3 Å². The van der Waals surface area contributed by atoms with Crippen LogP contribution in [0.2, 0.25) is 0 Å². The van der Waals surface area contributed by atoms with Crippen LogP contribution in [0.25, 0.3) is 0 Å². The fourth-order valence-electron chi connectivity index (χ4n) is 2.21. The summed E-state index contributed by atoms with van der Waals surface area (Å²) in [5, 5.41) is 13.1. The highest BCUT2D eigenvalue weighted by Crippen LogP contribution is 2.34. The summed E-state index contributed by atoms with van der Waals surface area (Å²) in [5.41, 5.74) is 5.45. The fourth-order valence-corrected chi connectivity index (χ4v) is 2.21. The van der Waals surface area contributed by atoms with E-state index in [2.05, 4.69) is 31.5 Å². The number of nitrogens with one attached hydrogen (secondary N) is 4. The lowest BCUT2D eigenvalue weighted by Gasteiger charge is -2.10. The second-order valence-electron chi connectivity index (χ2n) is 4.94. The minimum absolute atomic E-state index is 0.295. The van der Waals surface area contributed by atoms with Crippen molar-refractivity contribution in [2.75, 3.05) is 34.7 Å². The van der Waals surface area contributed by atoms with E-state index < -0.39 is 6.09 Å². The summed E-state index contributed by atoms with van der Waals surface area (Å²) < 4.78 is 4.87. The highest BCUT2D eigenvalue weighted by molar-refractivity contribution is 5.90. The van der Waals surface area contributed by atoms with Crippen LogP contribution in [0, 0.1) is 0 Å². The normalized spacial score (nSPS) is 12.2. The molecule has 2 aromatic rings. The maximum absolute atomic E-state index is 11.6. The third kappa shape index (κ3) is 3.72. The van der Waals surface area contributed by atoms with Crippen molar-refractivity contribution in [2.45, 2.75) is 6.92 Å². The van der Waals surface area contributed by atoms with Crippen LogP contribution in [0.15, 0.2) is 41.5 Å². The van der Waals surface area contributed by atoms with Gasteiger partial charge in [0.1, 0.15) is 11.5 Å². The van der Waals surface area contributed by atoms with Crippen molar-refractivity contribution in [1.82, 2.24) is 4.98 Å². The Labute approximate surface area is 139 Å². The molecule has 0 fully saturated rings. The van der Waals surface area contributed by atoms with E-state index in [4.69, 9.17) is 4.74 Å². The first kappa shape index (κ1) is 15.6. The molecule has 3 rings (SSSR count). The molecule has 1 aliphatic rings. The number of rotatable bonds is 5. The van der Waals surface area contributed by atoms with Crippen molar-refractivity contribution in [3.63, 3.8) is 0 Å². The summed E-state index contributed by atoms with van der Waals surface area (Å²) in [6.07, 6.45) is 1.17. The van der Waals surface area contributed by atoms with Crippen LogP contribution in [-0.4, -0.2) is 30.6 Å². The Hall–Kier alpha value is -3.29. The van der Waals surface area contributed by atoms with E-state index in [1.807, 2.05) is 30.3 Å². The van der Waals surface area contributed by atoms with Gasteiger partial charge in [0.25, 0.3) is 0 Å². The molecule has 2 heterocycles. The van der Waals surface area contributed by atoms with Gasteiger partial charge in [0.15, 0.2) is 5.82 Å². The molecular weight excluding hydrogens is 308 g/mol. The minimum atomic E-state index is -0.547. The molecule has 124 valence electrons. The topological polar surface area (TPSA) is 99.7 Å². The molecular formula is C16H18N6O2. The first-order valence-electron chi connectivity index (χ1n) is 7.57. The van der Waals surface area contributed by atoms with Gasteiger partial charge in [-0.2, -0.15) is 5.10 Å². The molecule has 0 spiro atoms. The van der Waals surface area contributed by atoms with E-state index >= 15 is 0 Å². The molecule has 0 radical (unpaired) electrons. The van der Waals surface area contributed by atoms with Crippen molar-refractivity contribution in [3.05, 3.63) is 42.0 Å². The number of pyridine rings is 1. The van der Waals surface area contributed by atoms with Gasteiger partial charge in [-0.05, 0) is 12.5 Å². The van der Waals surface area contributed by atoms with E-state index in [0.717, 1.165) is 11.3 Å². The second-order valence-corrected chi connectivity index (χ2v) is 4.94. The number of carbonyl (C=O) groups excluding carboxylic acids is 1. The minimum Gasteiger partial charge on any atom is -0.450 e. The molecule has 0 atom stereocenters. The van der Waals surface area contributed by atoms with Crippen molar-refractivity contribution in [1.29, 1.82) is 0 Å². The number of aromatic nitrogens is 1. The Morgan fingerprint density at radius 3 is 3.00 bits per heavy atom. The SMILES string of the molecule is CCOC(=O)Nc1cc(N/N=C/c2ccccc2)c2c(n1)NCN2. The molecule has 1 amide bonds. The molecule has 0 saturated heterocycles. The Morgan fingerprint density at radius 2 is 2.21 bits per heavy atom. The summed E-state index contributed by atoms with van der Waals surface area (Å²) in [6, 6.07) is 11.4. The number of benzene rings is 1. The van der Waals surface area contributed by atoms with Gasteiger partial charge in [-0.25, -0.2) is 9.78 Å². The average Bonchev–Trinajstić information content (AvgIpc) is 3.04. The van der Waals surface area contributed by atoms with Crippen molar-refractivity contribution < 1.29 is 9.53 Å². The predicted molar refractivity (Wildman–Crippen MR) is 94.7 cm³/mol. The Morgan fingerprint density at radius 1 is 1.38 bits per heavy atom. The quantitative estimate of drug-likeness (QED) is 0.498. The fraction of sp³-hybridized carbons (Fsp3) is 0.188. The van der Waals surface area contributed by atoms with Gasteiger partial charge in [-0.3, -0.25) is 10.7 Å². The maximum atomic E-state index is 11.6. The first-order valence-corrected chi connectivity index (χ1v) is 7.57. The molecule has 8 heteroatoms. The van der Waals surface area contributed by atoms with Gasteiger partial charge in [0.05, 0.1) is 25.2 Å². The van der Waals surface area contributed by atoms with E-state index in [0.29, 0.717) is 30.6 Å². The second kappa shape index (κ2) is 7.32. The van der Waals surface area contributed by atoms with Crippen molar-refractivity contribution in [2.24, 2.45) is 5.10 Å².